The number of nitrogens with two attached hydrogens (primary N) is 1. The van der Waals surface area contributed by atoms with Gasteiger partial charge in [-0.2, -0.15) is 4.98 Å². The molecule has 2 aromatic rings. The number of aromatic nitrogens is 2. The highest BCUT2D eigenvalue weighted by atomic mass is 16.5. The zero-order chi connectivity index (χ0) is 15.1. The van der Waals surface area contributed by atoms with E-state index in [4.69, 9.17) is 15.2 Å². The second kappa shape index (κ2) is 7.44. The molecule has 0 fully saturated rings. The third-order valence-electron chi connectivity index (χ3n) is 2.46. The molecule has 0 bridgehead atoms. The van der Waals surface area contributed by atoms with E-state index in [0.717, 1.165) is 11.4 Å². The summed E-state index contributed by atoms with van der Waals surface area (Å²) in [7, 11) is 0. The van der Waals surface area contributed by atoms with Gasteiger partial charge in [0, 0.05) is 18.3 Å². The van der Waals surface area contributed by atoms with Crippen molar-refractivity contribution in [3.63, 3.8) is 0 Å². The Hall–Kier alpha value is -2.34. The highest BCUT2D eigenvalue weighted by Gasteiger charge is 2.03. The van der Waals surface area contributed by atoms with Gasteiger partial charge in [-0.25, -0.2) is 0 Å². The Bertz CT molecular complexity index is 575. The number of anilines is 2. The molecule has 0 radical (unpaired) electrons. The molecule has 1 aromatic heterocycles. The van der Waals surface area contributed by atoms with Gasteiger partial charge in [0.25, 0.3) is 0 Å². The first-order valence-corrected chi connectivity index (χ1v) is 6.86. The second-order valence-electron chi connectivity index (χ2n) is 4.70. The largest absolute Gasteiger partial charge is 0.492 e. The Kier molecular flexibility index (Phi) is 5.34. The molecule has 0 saturated carbocycles. The summed E-state index contributed by atoms with van der Waals surface area (Å²) >= 11 is 0. The number of nitrogens with one attached hydrogen (secondary N) is 1. The van der Waals surface area contributed by atoms with Crippen molar-refractivity contribution in [3.05, 3.63) is 36.7 Å². The van der Waals surface area contributed by atoms with Gasteiger partial charge in [0.2, 0.25) is 5.88 Å². The first-order chi connectivity index (χ1) is 10.2. The Morgan fingerprint density at radius 2 is 2.14 bits per heavy atom. The average molecular weight is 288 g/mol. The van der Waals surface area contributed by atoms with Crippen LogP contribution in [0, 0.1) is 0 Å². The van der Waals surface area contributed by atoms with Crippen molar-refractivity contribution in [1.29, 1.82) is 0 Å². The van der Waals surface area contributed by atoms with Crippen molar-refractivity contribution in [2.75, 3.05) is 18.5 Å². The van der Waals surface area contributed by atoms with Crippen LogP contribution in [0.5, 0.6) is 11.6 Å². The fourth-order valence-corrected chi connectivity index (χ4v) is 1.69. The van der Waals surface area contributed by atoms with Crippen molar-refractivity contribution < 1.29 is 9.47 Å². The van der Waals surface area contributed by atoms with E-state index in [-0.39, 0.29) is 6.10 Å². The van der Waals surface area contributed by atoms with Crippen LogP contribution in [0.15, 0.2) is 36.7 Å². The number of ether oxygens (including phenoxy) is 2. The zero-order valence-corrected chi connectivity index (χ0v) is 12.2. The standard InChI is InChI=1S/C15H20N4O2/c1-11(2)21-15-10-17-9-14(19-15)18-12-4-3-5-13(8-12)20-7-6-16/h3-5,8-11H,6-7,16H2,1-2H3,(H,18,19). The van der Waals surface area contributed by atoms with Gasteiger partial charge in [0.15, 0.2) is 5.82 Å². The van der Waals surface area contributed by atoms with Crippen molar-refractivity contribution in [3.8, 4) is 11.6 Å². The third-order valence-corrected chi connectivity index (χ3v) is 2.46. The lowest BCUT2D eigenvalue weighted by atomic mass is 10.3. The fourth-order valence-electron chi connectivity index (χ4n) is 1.69. The van der Waals surface area contributed by atoms with Crippen LogP contribution in [0.2, 0.25) is 0 Å². The summed E-state index contributed by atoms with van der Waals surface area (Å²) in [6.45, 7) is 4.86. The molecule has 21 heavy (non-hydrogen) atoms. The number of nitrogens with zero attached hydrogens (tertiary/aromatic N) is 2. The van der Waals surface area contributed by atoms with Gasteiger partial charge in [-0.3, -0.25) is 4.98 Å². The lowest BCUT2D eigenvalue weighted by Crippen LogP contribution is -2.10. The van der Waals surface area contributed by atoms with Crippen LogP contribution in [-0.2, 0) is 0 Å². The summed E-state index contributed by atoms with van der Waals surface area (Å²) < 4.78 is 11.0. The van der Waals surface area contributed by atoms with Crippen LogP contribution in [-0.4, -0.2) is 29.2 Å². The van der Waals surface area contributed by atoms with E-state index in [1.165, 1.54) is 0 Å². The first kappa shape index (κ1) is 15.1. The molecule has 0 spiro atoms. The molecule has 0 saturated heterocycles. The van der Waals surface area contributed by atoms with Crippen LogP contribution in [0.25, 0.3) is 0 Å². The SMILES string of the molecule is CC(C)Oc1cncc(Nc2cccc(OCCN)c2)n1. The highest BCUT2D eigenvalue weighted by Crippen LogP contribution is 2.21. The minimum atomic E-state index is 0.0579. The van der Waals surface area contributed by atoms with Crippen LogP contribution < -0.4 is 20.5 Å². The predicted octanol–water partition coefficient (Wildman–Crippen LogP) is 2.34. The Morgan fingerprint density at radius 1 is 1.29 bits per heavy atom. The summed E-state index contributed by atoms with van der Waals surface area (Å²) in [5, 5.41) is 3.17. The van der Waals surface area contributed by atoms with Crippen molar-refractivity contribution in [1.82, 2.24) is 9.97 Å². The van der Waals surface area contributed by atoms with Gasteiger partial charge in [0.05, 0.1) is 18.5 Å². The van der Waals surface area contributed by atoms with E-state index in [9.17, 15) is 0 Å². The normalized spacial score (nSPS) is 10.5. The second-order valence-corrected chi connectivity index (χ2v) is 4.70. The number of hydrogen-bond acceptors (Lipinski definition) is 6. The van der Waals surface area contributed by atoms with Gasteiger partial charge in [-0.15, -0.1) is 0 Å². The lowest BCUT2D eigenvalue weighted by molar-refractivity contribution is 0.232. The van der Waals surface area contributed by atoms with Crippen molar-refractivity contribution in [2.45, 2.75) is 20.0 Å². The van der Waals surface area contributed by atoms with Crippen LogP contribution in [0.1, 0.15) is 13.8 Å². The van der Waals surface area contributed by atoms with Gasteiger partial charge in [-0.1, -0.05) is 6.07 Å². The zero-order valence-electron chi connectivity index (χ0n) is 12.2. The first-order valence-electron chi connectivity index (χ1n) is 6.86. The molecule has 0 aliphatic rings. The topological polar surface area (TPSA) is 82.3 Å². The van der Waals surface area contributed by atoms with Gasteiger partial charge >= 0.3 is 0 Å². The molecule has 6 nitrogen and oxygen atoms in total. The van der Waals surface area contributed by atoms with Gasteiger partial charge in [0.1, 0.15) is 12.4 Å². The molecule has 0 aliphatic carbocycles. The number of rotatable bonds is 7. The van der Waals surface area contributed by atoms with Crippen LogP contribution in [0.3, 0.4) is 0 Å². The van der Waals surface area contributed by atoms with E-state index in [1.54, 1.807) is 12.4 Å². The van der Waals surface area contributed by atoms with Crippen LogP contribution in [0.4, 0.5) is 11.5 Å². The molecule has 112 valence electrons. The molecule has 1 heterocycles. The smallest absolute Gasteiger partial charge is 0.234 e. The maximum Gasteiger partial charge on any atom is 0.234 e. The monoisotopic (exact) mass is 288 g/mol. The minimum Gasteiger partial charge on any atom is -0.492 e. The molecule has 0 aliphatic heterocycles. The molecular formula is C15H20N4O2. The van der Waals surface area contributed by atoms with E-state index in [0.29, 0.717) is 24.8 Å². The van der Waals surface area contributed by atoms with E-state index in [2.05, 4.69) is 15.3 Å². The molecule has 0 amide bonds. The summed E-state index contributed by atoms with van der Waals surface area (Å²) in [5.74, 6) is 1.86. The van der Waals surface area contributed by atoms with Gasteiger partial charge in [-0.05, 0) is 26.0 Å². The quantitative estimate of drug-likeness (QED) is 0.813. The maximum absolute atomic E-state index is 5.52. The summed E-state index contributed by atoms with van der Waals surface area (Å²) in [6.07, 6.45) is 3.29. The Labute approximate surface area is 124 Å². The fraction of sp³-hybridized carbons (Fsp3) is 0.333. The third kappa shape index (κ3) is 4.92. The predicted molar refractivity (Wildman–Crippen MR) is 82.1 cm³/mol. The van der Waals surface area contributed by atoms with E-state index in [1.807, 2.05) is 38.1 Å². The molecule has 1 aromatic carbocycles. The van der Waals surface area contributed by atoms with E-state index >= 15 is 0 Å². The molecule has 0 unspecified atom stereocenters. The Morgan fingerprint density at radius 3 is 2.90 bits per heavy atom. The maximum atomic E-state index is 5.52. The molecule has 6 heteroatoms. The lowest BCUT2D eigenvalue weighted by Gasteiger charge is -2.11. The summed E-state index contributed by atoms with van der Waals surface area (Å²) in [4.78, 5) is 8.45. The average Bonchev–Trinajstić information content (AvgIpc) is 2.45. The van der Waals surface area contributed by atoms with Crippen molar-refractivity contribution in [2.24, 2.45) is 5.73 Å². The number of hydrogen-bond donors (Lipinski definition) is 2. The molecular weight excluding hydrogens is 268 g/mol. The molecule has 2 rings (SSSR count). The van der Waals surface area contributed by atoms with E-state index < -0.39 is 0 Å². The molecule has 3 N–H and O–H groups in total. The van der Waals surface area contributed by atoms with Gasteiger partial charge < -0.3 is 20.5 Å². The van der Waals surface area contributed by atoms with Crippen molar-refractivity contribution >= 4 is 11.5 Å². The highest BCUT2D eigenvalue weighted by molar-refractivity contribution is 5.57. The summed E-state index contributed by atoms with van der Waals surface area (Å²) in [5.41, 5.74) is 6.28. The number of benzene rings is 1. The summed E-state index contributed by atoms with van der Waals surface area (Å²) in [6, 6.07) is 7.58. The van der Waals surface area contributed by atoms with Crippen LogP contribution >= 0.6 is 0 Å². The Balaban J connectivity index is 2.07. The molecule has 0 atom stereocenters. The minimum absolute atomic E-state index is 0.0579.